The molecule has 0 heterocycles. The van der Waals surface area contributed by atoms with Crippen molar-refractivity contribution in [3.63, 3.8) is 0 Å². The molecule has 0 aliphatic rings. The first-order valence-corrected chi connectivity index (χ1v) is 17.6. The van der Waals surface area contributed by atoms with Crippen molar-refractivity contribution < 1.29 is 56.9 Å². The van der Waals surface area contributed by atoms with E-state index in [1.54, 1.807) is 12.1 Å². The predicted molar refractivity (Wildman–Crippen MR) is 183 cm³/mol. The SMILES string of the molecule is CCCCNc1ccc(C(=O)OCCOCCOCCOCCOCCOCCOCCOCCOCCOCCOCCCC)cc1. The van der Waals surface area contributed by atoms with E-state index in [9.17, 15) is 4.79 Å². The Morgan fingerprint density at radius 1 is 0.438 bits per heavy atom. The van der Waals surface area contributed by atoms with Crippen molar-refractivity contribution in [2.24, 2.45) is 0 Å². The lowest BCUT2D eigenvalue weighted by molar-refractivity contribution is -0.0271. The minimum Gasteiger partial charge on any atom is -0.460 e. The number of carbonyl (C=O) groups excluding carboxylic acids is 1. The second-order valence-corrected chi connectivity index (χ2v) is 10.5. The van der Waals surface area contributed by atoms with Gasteiger partial charge in [-0.2, -0.15) is 0 Å². The maximum atomic E-state index is 12.1. The Hall–Kier alpha value is -1.91. The smallest absolute Gasteiger partial charge is 0.338 e. The number of rotatable bonds is 38. The fourth-order valence-electron chi connectivity index (χ4n) is 3.74. The second kappa shape index (κ2) is 36.4. The van der Waals surface area contributed by atoms with Gasteiger partial charge in [-0.1, -0.05) is 26.7 Å². The average Bonchev–Trinajstić information content (AvgIpc) is 3.10. The molecule has 0 spiro atoms. The molecule has 13 nitrogen and oxygen atoms in total. The number of hydrogen-bond acceptors (Lipinski definition) is 13. The number of esters is 1. The van der Waals surface area contributed by atoms with E-state index in [4.69, 9.17) is 52.1 Å². The van der Waals surface area contributed by atoms with Crippen LogP contribution in [-0.2, 0) is 52.1 Å². The first-order chi connectivity index (χ1) is 23.8. The van der Waals surface area contributed by atoms with Gasteiger partial charge in [-0.3, -0.25) is 0 Å². The molecule has 13 heteroatoms. The summed E-state index contributed by atoms with van der Waals surface area (Å²) < 4.78 is 59.9. The molecule has 1 aromatic rings. The minimum atomic E-state index is -0.359. The molecule has 0 atom stereocenters. The van der Waals surface area contributed by atoms with Gasteiger partial charge in [-0.15, -0.1) is 0 Å². The summed E-state index contributed by atoms with van der Waals surface area (Å²) in [6.07, 6.45) is 4.48. The zero-order valence-corrected chi connectivity index (χ0v) is 29.6. The molecule has 1 aromatic carbocycles. The Kier molecular flexibility index (Phi) is 33.4. The second-order valence-electron chi connectivity index (χ2n) is 10.5. The van der Waals surface area contributed by atoms with Crippen LogP contribution < -0.4 is 5.32 Å². The summed E-state index contributed by atoms with van der Waals surface area (Å²) in [6.45, 7) is 15.7. The number of anilines is 1. The van der Waals surface area contributed by atoms with E-state index in [-0.39, 0.29) is 12.6 Å². The predicted octanol–water partition coefficient (Wildman–Crippen LogP) is 4.02. The topological polar surface area (TPSA) is 131 Å². The molecule has 1 rings (SSSR count). The Bertz CT molecular complexity index is 802. The maximum absolute atomic E-state index is 12.1. The van der Waals surface area contributed by atoms with Gasteiger partial charge >= 0.3 is 5.97 Å². The summed E-state index contributed by atoms with van der Waals surface area (Å²) in [5.41, 5.74) is 1.52. The van der Waals surface area contributed by atoms with Gasteiger partial charge in [0.05, 0.1) is 131 Å². The summed E-state index contributed by atoms with van der Waals surface area (Å²) in [7, 11) is 0. The van der Waals surface area contributed by atoms with E-state index in [1.165, 1.54) is 0 Å². The van der Waals surface area contributed by atoms with Gasteiger partial charge in [0.1, 0.15) is 6.61 Å². The molecule has 280 valence electrons. The molecule has 0 aliphatic carbocycles. The van der Waals surface area contributed by atoms with Crippen LogP contribution in [0.4, 0.5) is 5.69 Å². The molecule has 0 fully saturated rings. The molecular formula is C35H63NO12. The molecule has 0 saturated heterocycles. The van der Waals surface area contributed by atoms with Crippen molar-refractivity contribution in [3.8, 4) is 0 Å². The highest BCUT2D eigenvalue weighted by atomic mass is 16.6. The summed E-state index contributed by atoms with van der Waals surface area (Å²) in [6, 6.07) is 7.29. The fraction of sp³-hybridized carbons (Fsp3) is 0.800. The lowest BCUT2D eigenvalue weighted by Crippen LogP contribution is -2.15. The third-order valence-electron chi connectivity index (χ3n) is 6.43. The van der Waals surface area contributed by atoms with Crippen LogP contribution >= 0.6 is 0 Å². The number of carbonyl (C=O) groups is 1. The molecule has 0 amide bonds. The van der Waals surface area contributed by atoms with Gasteiger partial charge in [-0.25, -0.2) is 4.79 Å². The van der Waals surface area contributed by atoms with Crippen LogP contribution in [0.1, 0.15) is 49.9 Å². The highest BCUT2D eigenvalue weighted by Gasteiger charge is 2.06. The molecule has 48 heavy (non-hydrogen) atoms. The molecule has 0 unspecified atom stereocenters. The van der Waals surface area contributed by atoms with E-state index >= 15 is 0 Å². The van der Waals surface area contributed by atoms with Crippen molar-refractivity contribution in [2.75, 3.05) is 151 Å². The number of ether oxygens (including phenoxy) is 11. The van der Waals surface area contributed by atoms with E-state index in [1.807, 2.05) is 12.1 Å². The van der Waals surface area contributed by atoms with Gasteiger partial charge in [-0.05, 0) is 37.1 Å². The van der Waals surface area contributed by atoms with Gasteiger partial charge in [0.2, 0.25) is 0 Å². The van der Waals surface area contributed by atoms with Crippen LogP contribution in [0.15, 0.2) is 24.3 Å². The summed E-state index contributed by atoms with van der Waals surface area (Å²) in [5, 5.41) is 3.32. The molecule has 0 saturated carbocycles. The van der Waals surface area contributed by atoms with Crippen LogP contribution in [0.2, 0.25) is 0 Å². The Labute approximate surface area is 288 Å². The normalized spacial score (nSPS) is 11.3. The van der Waals surface area contributed by atoms with Crippen molar-refractivity contribution in [2.45, 2.75) is 39.5 Å². The molecule has 1 N–H and O–H groups in total. The Balaban J connectivity index is 1.70. The van der Waals surface area contributed by atoms with Crippen LogP contribution in [-0.4, -0.2) is 151 Å². The van der Waals surface area contributed by atoms with Crippen LogP contribution in [0.3, 0.4) is 0 Å². The fourth-order valence-corrected chi connectivity index (χ4v) is 3.74. The summed E-state index contributed by atoms with van der Waals surface area (Å²) >= 11 is 0. The number of benzene rings is 1. The maximum Gasteiger partial charge on any atom is 0.338 e. The van der Waals surface area contributed by atoms with E-state index in [0.717, 1.165) is 44.5 Å². The third-order valence-corrected chi connectivity index (χ3v) is 6.43. The number of nitrogens with one attached hydrogen (secondary N) is 1. The van der Waals surface area contributed by atoms with Gasteiger partial charge < -0.3 is 57.4 Å². The monoisotopic (exact) mass is 689 g/mol. The number of unbranched alkanes of at least 4 members (excludes halogenated alkanes) is 2. The highest BCUT2D eigenvalue weighted by molar-refractivity contribution is 5.89. The largest absolute Gasteiger partial charge is 0.460 e. The first-order valence-electron chi connectivity index (χ1n) is 17.6. The van der Waals surface area contributed by atoms with E-state index < -0.39 is 0 Å². The van der Waals surface area contributed by atoms with Crippen LogP contribution in [0.25, 0.3) is 0 Å². The lowest BCUT2D eigenvalue weighted by atomic mass is 10.2. The van der Waals surface area contributed by atoms with Crippen molar-refractivity contribution in [3.05, 3.63) is 29.8 Å². The van der Waals surface area contributed by atoms with Gasteiger partial charge in [0, 0.05) is 18.8 Å². The molecular weight excluding hydrogens is 626 g/mol. The molecule has 0 bridgehead atoms. The summed E-state index contributed by atoms with van der Waals surface area (Å²) in [4.78, 5) is 12.1. The standard InChI is InChI=1S/C35H63NO12/c1-3-5-11-36-34-9-7-33(8-10-34)35(37)48-32-31-47-30-29-46-28-27-45-26-25-44-24-23-43-22-21-42-20-19-41-18-17-40-16-15-39-14-13-38-12-6-4-2/h7-10,36H,3-6,11-32H2,1-2H3. The van der Waals surface area contributed by atoms with Crippen LogP contribution in [0.5, 0.6) is 0 Å². The molecule has 0 aromatic heterocycles. The zero-order valence-electron chi connectivity index (χ0n) is 29.6. The lowest BCUT2D eigenvalue weighted by Gasteiger charge is -2.09. The minimum absolute atomic E-state index is 0.192. The van der Waals surface area contributed by atoms with E-state index in [2.05, 4.69) is 19.2 Å². The third kappa shape index (κ3) is 30.2. The van der Waals surface area contributed by atoms with Crippen LogP contribution in [0, 0.1) is 0 Å². The summed E-state index contributed by atoms with van der Waals surface area (Å²) in [5.74, 6) is -0.359. The van der Waals surface area contributed by atoms with Crippen molar-refractivity contribution in [1.82, 2.24) is 0 Å². The first kappa shape index (κ1) is 44.1. The van der Waals surface area contributed by atoms with Gasteiger partial charge in [0.15, 0.2) is 0 Å². The molecule has 0 radical (unpaired) electrons. The van der Waals surface area contributed by atoms with Crippen molar-refractivity contribution >= 4 is 11.7 Å². The average molecular weight is 690 g/mol. The van der Waals surface area contributed by atoms with Crippen molar-refractivity contribution in [1.29, 1.82) is 0 Å². The quantitative estimate of drug-likeness (QED) is 0.0793. The van der Waals surface area contributed by atoms with E-state index in [0.29, 0.717) is 131 Å². The Morgan fingerprint density at radius 3 is 1.08 bits per heavy atom. The van der Waals surface area contributed by atoms with Gasteiger partial charge in [0.25, 0.3) is 0 Å². The Morgan fingerprint density at radius 2 is 0.750 bits per heavy atom. The highest BCUT2D eigenvalue weighted by Crippen LogP contribution is 2.11. The number of hydrogen-bond donors (Lipinski definition) is 1. The zero-order chi connectivity index (χ0) is 34.4. The molecule has 0 aliphatic heterocycles.